The Labute approximate surface area is 185 Å². The predicted molar refractivity (Wildman–Crippen MR) is 124 cm³/mol. The quantitative estimate of drug-likeness (QED) is 0.490. The van der Waals surface area contributed by atoms with Crippen LogP contribution in [0.25, 0.3) is 0 Å². The van der Waals surface area contributed by atoms with Crippen LogP contribution in [0.15, 0.2) is 36.4 Å². The Morgan fingerprint density at radius 1 is 0.806 bits per heavy atom. The monoisotopic (exact) mass is 425 g/mol. The topological polar surface area (TPSA) is 78.6 Å². The molecule has 0 fully saturated rings. The van der Waals surface area contributed by atoms with Crippen molar-refractivity contribution in [1.82, 2.24) is 0 Å². The summed E-state index contributed by atoms with van der Waals surface area (Å²) in [6.45, 7) is 11.4. The zero-order valence-corrected chi connectivity index (χ0v) is 19.4. The summed E-state index contributed by atoms with van der Waals surface area (Å²) in [4.78, 5) is 25.1. The Morgan fingerprint density at radius 3 is 1.77 bits per heavy atom. The summed E-state index contributed by atoms with van der Waals surface area (Å²) in [5.41, 5.74) is 8.43. The average Bonchev–Trinajstić information content (AvgIpc) is 2.75. The molecule has 0 bridgehead atoms. The van der Waals surface area contributed by atoms with Gasteiger partial charge in [-0.15, -0.1) is 0 Å². The van der Waals surface area contributed by atoms with Crippen molar-refractivity contribution >= 4 is 11.6 Å². The van der Waals surface area contributed by atoms with E-state index in [-0.39, 0.29) is 24.5 Å². The standard InChI is InChI=1S/C26H35NO4/c1-6-19-7-8-20(12-25(19)30-15-17(2)3)23(28)11-22-10-9-21(24(29)14-27)13-26(22)31-16-18(4)5/h7-10,12-13,17-18H,6,11,14-16,27H2,1-5H3. The lowest BCUT2D eigenvalue weighted by Gasteiger charge is -2.15. The second-order valence-corrected chi connectivity index (χ2v) is 8.64. The van der Waals surface area contributed by atoms with Gasteiger partial charge in [-0.2, -0.15) is 0 Å². The molecule has 0 heterocycles. The van der Waals surface area contributed by atoms with Crippen LogP contribution < -0.4 is 15.2 Å². The van der Waals surface area contributed by atoms with E-state index >= 15 is 0 Å². The summed E-state index contributed by atoms with van der Waals surface area (Å²) in [6, 6.07) is 10.8. The molecule has 5 heteroatoms. The molecule has 168 valence electrons. The molecule has 0 saturated carbocycles. The minimum atomic E-state index is -0.158. The highest BCUT2D eigenvalue weighted by molar-refractivity contribution is 6.00. The van der Waals surface area contributed by atoms with Gasteiger partial charge >= 0.3 is 0 Å². The summed E-state index contributed by atoms with van der Waals surface area (Å²) in [7, 11) is 0. The van der Waals surface area contributed by atoms with Crippen molar-refractivity contribution in [2.24, 2.45) is 17.6 Å². The van der Waals surface area contributed by atoms with Crippen LogP contribution in [-0.4, -0.2) is 31.3 Å². The Balaban J connectivity index is 2.29. The molecule has 2 rings (SSSR count). The molecule has 31 heavy (non-hydrogen) atoms. The van der Waals surface area contributed by atoms with E-state index in [1.807, 2.05) is 32.0 Å². The highest BCUT2D eigenvalue weighted by Gasteiger charge is 2.16. The van der Waals surface area contributed by atoms with E-state index < -0.39 is 0 Å². The number of hydrogen-bond donors (Lipinski definition) is 1. The second-order valence-electron chi connectivity index (χ2n) is 8.64. The predicted octanol–water partition coefficient (Wildman–Crippen LogP) is 4.89. The largest absolute Gasteiger partial charge is 0.493 e. The Hall–Kier alpha value is -2.66. The molecule has 0 aliphatic rings. The van der Waals surface area contributed by atoms with Crippen molar-refractivity contribution in [3.8, 4) is 11.5 Å². The highest BCUT2D eigenvalue weighted by Crippen LogP contribution is 2.26. The molecule has 0 aromatic heterocycles. The van der Waals surface area contributed by atoms with E-state index in [1.54, 1.807) is 18.2 Å². The zero-order chi connectivity index (χ0) is 23.0. The summed E-state index contributed by atoms with van der Waals surface area (Å²) in [5, 5.41) is 0. The van der Waals surface area contributed by atoms with Gasteiger partial charge in [0.2, 0.25) is 0 Å². The van der Waals surface area contributed by atoms with Gasteiger partial charge in [0.1, 0.15) is 11.5 Å². The fourth-order valence-corrected chi connectivity index (χ4v) is 3.07. The number of hydrogen-bond acceptors (Lipinski definition) is 5. The van der Waals surface area contributed by atoms with Crippen LogP contribution in [0.2, 0.25) is 0 Å². The molecule has 2 aromatic carbocycles. The number of nitrogens with two attached hydrogens (primary N) is 1. The van der Waals surface area contributed by atoms with Gasteiger partial charge in [0.25, 0.3) is 0 Å². The first-order chi connectivity index (χ1) is 14.7. The third-order valence-electron chi connectivity index (χ3n) is 4.84. The van der Waals surface area contributed by atoms with Gasteiger partial charge in [0.05, 0.1) is 19.8 Å². The molecule has 0 spiro atoms. The number of rotatable bonds is 12. The molecule has 0 saturated heterocycles. The number of carbonyl (C=O) groups excluding carboxylic acids is 2. The van der Waals surface area contributed by atoms with Crippen LogP contribution in [0.3, 0.4) is 0 Å². The van der Waals surface area contributed by atoms with Crippen molar-refractivity contribution in [1.29, 1.82) is 0 Å². The third-order valence-corrected chi connectivity index (χ3v) is 4.84. The second kappa shape index (κ2) is 11.7. The van der Waals surface area contributed by atoms with E-state index in [1.165, 1.54) is 0 Å². The van der Waals surface area contributed by atoms with Crippen molar-refractivity contribution in [3.63, 3.8) is 0 Å². The molecule has 5 nitrogen and oxygen atoms in total. The van der Waals surface area contributed by atoms with Gasteiger partial charge in [-0.1, -0.05) is 58.9 Å². The molecule has 2 N–H and O–H groups in total. The number of ketones is 2. The van der Waals surface area contributed by atoms with E-state index in [2.05, 4.69) is 20.8 Å². The van der Waals surface area contributed by atoms with Gasteiger partial charge in [-0.3, -0.25) is 9.59 Å². The molecule has 2 aromatic rings. The summed E-state index contributed by atoms with van der Waals surface area (Å²) < 4.78 is 11.9. The smallest absolute Gasteiger partial charge is 0.176 e. The SMILES string of the molecule is CCc1ccc(C(=O)Cc2ccc(C(=O)CN)cc2OCC(C)C)cc1OCC(C)C. The average molecular weight is 426 g/mol. The molecule has 0 aliphatic carbocycles. The lowest BCUT2D eigenvalue weighted by atomic mass is 9.98. The molecule has 0 amide bonds. The molecule has 0 radical (unpaired) electrons. The summed E-state index contributed by atoms with van der Waals surface area (Å²) in [6.07, 6.45) is 1.02. The lowest BCUT2D eigenvalue weighted by Crippen LogP contribution is -2.15. The Morgan fingerprint density at radius 2 is 1.29 bits per heavy atom. The van der Waals surface area contributed by atoms with Crippen LogP contribution in [0, 0.1) is 11.8 Å². The first kappa shape index (κ1) is 24.6. The highest BCUT2D eigenvalue weighted by atomic mass is 16.5. The van der Waals surface area contributed by atoms with Gasteiger partial charge < -0.3 is 15.2 Å². The Bertz CT molecular complexity index is 902. The van der Waals surface area contributed by atoms with Crippen molar-refractivity contribution in [2.45, 2.75) is 47.5 Å². The first-order valence-electron chi connectivity index (χ1n) is 11.0. The van der Waals surface area contributed by atoms with Gasteiger partial charge in [-0.05, 0) is 36.0 Å². The van der Waals surface area contributed by atoms with Crippen molar-refractivity contribution in [3.05, 3.63) is 58.7 Å². The minimum absolute atomic E-state index is 0.0238. The lowest BCUT2D eigenvalue weighted by molar-refractivity contribution is 0.0988. The summed E-state index contributed by atoms with van der Waals surface area (Å²) in [5.74, 6) is 1.86. The Kier molecular flexibility index (Phi) is 9.25. The van der Waals surface area contributed by atoms with Crippen LogP contribution >= 0.6 is 0 Å². The molecule has 0 unspecified atom stereocenters. The van der Waals surface area contributed by atoms with Crippen LogP contribution in [0.1, 0.15) is 66.5 Å². The van der Waals surface area contributed by atoms with Gasteiger partial charge in [0, 0.05) is 23.1 Å². The fourth-order valence-electron chi connectivity index (χ4n) is 3.07. The molecule has 0 atom stereocenters. The zero-order valence-electron chi connectivity index (χ0n) is 19.4. The molecular formula is C26H35NO4. The number of aryl methyl sites for hydroxylation is 1. The van der Waals surface area contributed by atoms with E-state index in [9.17, 15) is 9.59 Å². The number of Topliss-reactive ketones (excluding diaryl/α,β-unsaturated/α-hetero) is 2. The normalized spacial score (nSPS) is 11.1. The van der Waals surface area contributed by atoms with Crippen molar-refractivity contribution in [2.75, 3.05) is 19.8 Å². The molecular weight excluding hydrogens is 390 g/mol. The third kappa shape index (κ3) is 7.21. The number of carbonyl (C=O) groups is 2. The fraction of sp³-hybridized carbons (Fsp3) is 0.462. The number of ether oxygens (including phenoxy) is 2. The van der Waals surface area contributed by atoms with Crippen LogP contribution in [0.5, 0.6) is 11.5 Å². The first-order valence-corrected chi connectivity index (χ1v) is 11.0. The van der Waals surface area contributed by atoms with E-state index in [0.29, 0.717) is 41.9 Å². The van der Waals surface area contributed by atoms with E-state index in [4.69, 9.17) is 15.2 Å². The summed E-state index contributed by atoms with van der Waals surface area (Å²) >= 11 is 0. The maximum Gasteiger partial charge on any atom is 0.176 e. The van der Waals surface area contributed by atoms with E-state index in [0.717, 1.165) is 23.3 Å². The van der Waals surface area contributed by atoms with Gasteiger partial charge in [-0.25, -0.2) is 0 Å². The van der Waals surface area contributed by atoms with Crippen molar-refractivity contribution < 1.29 is 19.1 Å². The van der Waals surface area contributed by atoms with Crippen LogP contribution in [0.4, 0.5) is 0 Å². The number of benzene rings is 2. The molecule has 0 aliphatic heterocycles. The maximum absolute atomic E-state index is 13.1. The maximum atomic E-state index is 13.1. The minimum Gasteiger partial charge on any atom is -0.493 e. The van der Waals surface area contributed by atoms with Crippen LogP contribution in [-0.2, 0) is 12.8 Å². The van der Waals surface area contributed by atoms with Gasteiger partial charge in [0.15, 0.2) is 11.6 Å².